The quantitative estimate of drug-likeness (QED) is 0.243. The number of esters is 4. The Morgan fingerprint density at radius 1 is 0.911 bits per heavy atom. The lowest BCUT2D eigenvalue weighted by atomic mass is 9.98. The number of hydrogen-bond acceptors (Lipinski definition) is 13. The van der Waals surface area contributed by atoms with Crippen LogP contribution in [-0.2, 0) is 52.4 Å². The van der Waals surface area contributed by atoms with E-state index in [2.05, 4.69) is 10.3 Å². The van der Waals surface area contributed by atoms with Crippen LogP contribution in [0.25, 0.3) is 22.6 Å². The van der Waals surface area contributed by atoms with Crippen LogP contribution in [0.4, 0.5) is 5.69 Å². The molecular weight excluding hydrogens is 639 g/mol. The van der Waals surface area contributed by atoms with E-state index in [9.17, 15) is 24.0 Å². The average molecular weight is 671 g/mol. The van der Waals surface area contributed by atoms with Crippen LogP contribution in [0.5, 0.6) is 0 Å². The van der Waals surface area contributed by atoms with E-state index in [0.29, 0.717) is 21.7 Å². The van der Waals surface area contributed by atoms with Crippen LogP contribution in [-0.4, -0.2) is 78.7 Å². The molecule has 2 heterocycles. The molecule has 45 heavy (non-hydrogen) atoms. The summed E-state index contributed by atoms with van der Waals surface area (Å²) in [7, 11) is 0. The zero-order valence-corrected chi connectivity index (χ0v) is 24.7. The number of hydrogen-bond donors (Lipinski definition) is 1. The third kappa shape index (κ3) is 8.69. The summed E-state index contributed by atoms with van der Waals surface area (Å²) in [6.45, 7) is -4.93. The van der Waals surface area contributed by atoms with E-state index in [0.717, 1.165) is 0 Å². The van der Waals surface area contributed by atoms with E-state index < -0.39 is 101 Å². The van der Waals surface area contributed by atoms with Crippen LogP contribution in [0, 0.1) is 0 Å². The van der Waals surface area contributed by atoms with Gasteiger partial charge in [0, 0.05) is 38.8 Å². The van der Waals surface area contributed by atoms with Crippen molar-refractivity contribution >= 4 is 69.8 Å². The minimum atomic E-state index is -1.77. The number of carbonyl (C=O) groups excluding carboxylic acids is 5. The highest BCUT2D eigenvalue weighted by Gasteiger charge is 2.52. The van der Waals surface area contributed by atoms with Crippen molar-refractivity contribution in [3.8, 4) is 11.5 Å². The molecule has 0 spiro atoms. The second kappa shape index (κ2) is 14.7. The smallest absolute Gasteiger partial charge is 0.303 e. The van der Waals surface area contributed by atoms with E-state index in [1.807, 2.05) is 0 Å². The predicted molar refractivity (Wildman–Crippen MR) is 156 cm³/mol. The zero-order chi connectivity index (χ0) is 35.7. The van der Waals surface area contributed by atoms with Crippen LogP contribution in [0.3, 0.4) is 0 Å². The highest BCUT2D eigenvalue weighted by atomic mass is 35.5. The van der Waals surface area contributed by atoms with Crippen LogP contribution in [0.15, 0.2) is 40.8 Å². The van der Waals surface area contributed by atoms with Gasteiger partial charge in [0.2, 0.25) is 11.8 Å². The van der Waals surface area contributed by atoms with Crippen molar-refractivity contribution in [2.75, 3.05) is 18.5 Å². The molecule has 16 heteroatoms. The minimum Gasteiger partial charge on any atom is -0.463 e. The van der Waals surface area contributed by atoms with E-state index in [-0.39, 0.29) is 16.6 Å². The lowest BCUT2D eigenvalue weighted by molar-refractivity contribution is -0.306. The topological polar surface area (TPSA) is 179 Å². The first-order valence-electron chi connectivity index (χ1n) is 15.6. The van der Waals surface area contributed by atoms with Crippen molar-refractivity contribution in [1.29, 1.82) is 0 Å². The lowest BCUT2D eigenvalue weighted by Crippen LogP contribution is -2.63. The van der Waals surface area contributed by atoms with Gasteiger partial charge in [-0.2, -0.15) is 0 Å². The molecule has 4 rings (SSSR count). The minimum absolute atomic E-state index is 0.187. The summed E-state index contributed by atoms with van der Waals surface area (Å²) in [4.78, 5) is 65.7. The number of ether oxygens (including phenoxy) is 6. The molecule has 1 N–H and O–H groups in total. The first kappa shape index (κ1) is 28.2. The Balaban J connectivity index is 1.55. The fraction of sp³-hybridized carbons (Fsp3) is 0.379. The highest BCUT2D eigenvalue weighted by molar-refractivity contribution is 6.43. The maximum atomic E-state index is 13.0. The number of halogens is 2. The van der Waals surface area contributed by atoms with Gasteiger partial charge in [0.15, 0.2) is 30.2 Å². The van der Waals surface area contributed by atoms with Gasteiger partial charge in [-0.25, -0.2) is 4.98 Å². The highest BCUT2D eigenvalue weighted by Crippen LogP contribution is 2.35. The summed E-state index contributed by atoms with van der Waals surface area (Å²) in [5.41, 5.74) is 1.46. The maximum Gasteiger partial charge on any atom is 0.303 e. The molecule has 14 nitrogen and oxygen atoms in total. The van der Waals surface area contributed by atoms with Gasteiger partial charge in [-0.3, -0.25) is 24.0 Å². The molecule has 1 unspecified atom stereocenters. The second-order valence-electron chi connectivity index (χ2n) is 9.25. The normalized spacial score (nSPS) is 22.2. The van der Waals surface area contributed by atoms with Crippen molar-refractivity contribution in [2.45, 2.75) is 58.3 Å². The van der Waals surface area contributed by atoms with Gasteiger partial charge in [0.1, 0.15) is 24.8 Å². The van der Waals surface area contributed by atoms with Crippen molar-refractivity contribution in [3.63, 3.8) is 0 Å². The molecule has 5 atom stereocenters. The van der Waals surface area contributed by atoms with Gasteiger partial charge in [-0.1, -0.05) is 29.3 Å². The van der Waals surface area contributed by atoms with E-state index in [4.69, 9.17) is 61.5 Å². The zero-order valence-electron chi connectivity index (χ0n) is 27.2. The van der Waals surface area contributed by atoms with Crippen LogP contribution < -0.4 is 5.32 Å². The fourth-order valence-corrected chi connectivity index (χ4v) is 4.70. The van der Waals surface area contributed by atoms with Crippen molar-refractivity contribution in [2.24, 2.45) is 0 Å². The molecule has 0 aliphatic carbocycles. The Hall–Kier alpha value is -4.24. The predicted octanol–water partition coefficient (Wildman–Crippen LogP) is 3.84. The van der Waals surface area contributed by atoms with Crippen molar-refractivity contribution < 1.29 is 62.3 Å². The molecule has 2 aromatic carbocycles. The van der Waals surface area contributed by atoms with Gasteiger partial charge in [-0.05, 0) is 30.3 Å². The molecule has 3 aromatic rings. The summed E-state index contributed by atoms with van der Waals surface area (Å²) in [6, 6.07) is 9.53. The third-order valence-electron chi connectivity index (χ3n) is 6.03. The average Bonchev–Trinajstić information content (AvgIpc) is 3.52. The van der Waals surface area contributed by atoms with E-state index >= 15 is 0 Å². The molecular formula is C29H28Cl2N2O12. The van der Waals surface area contributed by atoms with Crippen molar-refractivity contribution in [3.05, 3.63) is 46.4 Å². The Morgan fingerprint density at radius 3 is 2.31 bits per heavy atom. The lowest BCUT2D eigenvalue weighted by Gasteiger charge is -2.43. The molecule has 240 valence electrons. The SMILES string of the molecule is [2H]CC(=O)OC[C@H]1OC(OCC(=O)Nc2ccc3oc(-c4cccc(Cl)c4Cl)nc3c2)[C@@H](OC(=O)C[2H])[C@@H](OC(=O)C[2H])[C@@H]1OC(=O)C[2H]. The summed E-state index contributed by atoms with van der Waals surface area (Å²) in [5.74, 6) is -5.01. The monoisotopic (exact) mass is 670 g/mol. The molecule has 1 aliphatic heterocycles. The van der Waals surface area contributed by atoms with Crippen molar-refractivity contribution in [1.82, 2.24) is 4.98 Å². The number of carbonyl (C=O) groups is 5. The Kier molecular flexibility index (Phi) is 9.22. The Morgan fingerprint density at radius 2 is 1.60 bits per heavy atom. The second-order valence-corrected chi connectivity index (χ2v) is 10.0. The molecule has 1 amide bonds. The van der Waals surface area contributed by atoms with Gasteiger partial charge >= 0.3 is 23.9 Å². The standard InChI is InChI=1S/C29H28Cl2N2O12/c1-13(34)39-11-22-25(41-14(2)35)26(42-15(3)36)27(43-16(4)37)29(45-22)40-12-23(38)32-17-8-9-21-20(10-17)33-28(44-21)18-6-5-7-19(30)24(18)31/h5-10,22,25-27,29H,11-12H2,1-4H3,(H,32,38)/t22-,25-,26+,27+,29?/m1/s1/i1D,2D,3D,4D. The molecule has 1 aromatic heterocycles. The number of amides is 1. The summed E-state index contributed by atoms with van der Waals surface area (Å²) < 4.78 is 67.0. The third-order valence-corrected chi connectivity index (χ3v) is 6.85. The summed E-state index contributed by atoms with van der Waals surface area (Å²) in [5, 5.41) is 3.13. The number of nitrogens with zero attached hydrogens (tertiary/aromatic N) is 1. The number of benzene rings is 2. The van der Waals surface area contributed by atoms with E-state index in [1.54, 1.807) is 24.3 Å². The van der Waals surface area contributed by atoms with Gasteiger partial charge in [0.25, 0.3) is 0 Å². The number of anilines is 1. The maximum absolute atomic E-state index is 13.0. The number of nitrogens with one attached hydrogen (secondary N) is 1. The number of rotatable bonds is 10. The fourth-order valence-electron chi connectivity index (χ4n) is 4.32. The molecule has 1 aliphatic rings. The number of oxazole rings is 1. The van der Waals surface area contributed by atoms with Gasteiger partial charge < -0.3 is 38.2 Å². The van der Waals surface area contributed by atoms with E-state index in [1.165, 1.54) is 12.1 Å². The number of aromatic nitrogens is 1. The molecule has 0 radical (unpaired) electrons. The Labute approximate surface area is 271 Å². The van der Waals surface area contributed by atoms with Gasteiger partial charge in [-0.15, -0.1) is 0 Å². The molecule has 0 bridgehead atoms. The van der Waals surface area contributed by atoms with Crippen LogP contribution in [0.2, 0.25) is 10.0 Å². The molecule has 1 fully saturated rings. The van der Waals surface area contributed by atoms with Gasteiger partial charge in [0.05, 0.1) is 15.6 Å². The molecule has 1 saturated heterocycles. The summed E-state index contributed by atoms with van der Waals surface area (Å²) in [6.07, 6.45) is -8.45. The largest absolute Gasteiger partial charge is 0.463 e. The molecule has 0 saturated carbocycles. The number of fused-ring (bicyclic) bond motifs is 1. The summed E-state index contributed by atoms with van der Waals surface area (Å²) >= 11 is 12.4. The Bertz CT molecular complexity index is 1700. The first-order chi connectivity index (χ1) is 23.5. The van der Waals surface area contributed by atoms with Crippen LogP contribution >= 0.6 is 23.2 Å². The first-order valence-corrected chi connectivity index (χ1v) is 13.6. The van der Waals surface area contributed by atoms with Crippen LogP contribution in [0.1, 0.15) is 33.1 Å².